The number of benzene rings is 1. The third-order valence-electron chi connectivity index (χ3n) is 4.09. The van der Waals surface area contributed by atoms with Gasteiger partial charge in [-0.3, -0.25) is 10.4 Å². The first-order chi connectivity index (χ1) is 9.83. The van der Waals surface area contributed by atoms with Crippen LogP contribution in [0.3, 0.4) is 0 Å². The van der Waals surface area contributed by atoms with Gasteiger partial charge in [-0.25, -0.2) is 0 Å². The molecule has 3 rings (SSSR count). The largest absolute Gasteiger partial charge is 0.258 e. The molecular weight excluding hydrogens is 266 g/mol. The van der Waals surface area contributed by atoms with Gasteiger partial charge in [0.2, 0.25) is 0 Å². The van der Waals surface area contributed by atoms with Crippen molar-refractivity contribution >= 4 is 22.6 Å². The maximum absolute atomic E-state index is 4.87. The smallest absolute Gasteiger partial charge is 0.177 e. The molecule has 0 amide bonds. The Kier molecular flexibility index (Phi) is 4.41. The van der Waals surface area contributed by atoms with Crippen LogP contribution in [0.4, 0.5) is 0 Å². The van der Waals surface area contributed by atoms with Gasteiger partial charge in [0.05, 0.1) is 11.8 Å². The zero-order chi connectivity index (χ0) is 13.8. The quantitative estimate of drug-likeness (QED) is 0.901. The highest BCUT2D eigenvalue weighted by atomic mass is 32.2. The van der Waals surface area contributed by atoms with E-state index in [0.29, 0.717) is 12.0 Å². The summed E-state index contributed by atoms with van der Waals surface area (Å²) in [6, 6.07) is 10.8. The van der Waals surface area contributed by atoms with E-state index in [-0.39, 0.29) is 0 Å². The number of nitrogens with one attached hydrogen (secondary N) is 1. The van der Waals surface area contributed by atoms with Crippen molar-refractivity contribution in [1.29, 1.82) is 0 Å². The highest BCUT2D eigenvalue weighted by molar-refractivity contribution is 8.14. The van der Waals surface area contributed by atoms with E-state index in [1.165, 1.54) is 31.2 Å². The summed E-state index contributed by atoms with van der Waals surface area (Å²) in [5, 5.41) is 5.48. The van der Waals surface area contributed by atoms with Gasteiger partial charge in [0.1, 0.15) is 0 Å². The lowest BCUT2D eigenvalue weighted by molar-refractivity contribution is 0.333. The van der Waals surface area contributed by atoms with E-state index in [2.05, 4.69) is 41.7 Å². The van der Waals surface area contributed by atoms with Crippen LogP contribution in [0, 0.1) is 5.92 Å². The van der Waals surface area contributed by atoms with E-state index in [9.17, 15) is 0 Å². The Morgan fingerprint density at radius 1 is 1.20 bits per heavy atom. The summed E-state index contributed by atoms with van der Waals surface area (Å²) < 4.78 is 0. The average Bonchev–Trinajstić information content (AvgIpc) is 2.51. The highest BCUT2D eigenvalue weighted by Gasteiger charge is 2.22. The third kappa shape index (κ3) is 3.23. The Hall–Kier alpha value is -1.29. The molecule has 1 saturated carbocycles. The van der Waals surface area contributed by atoms with Gasteiger partial charge in [0.15, 0.2) is 5.17 Å². The fraction of sp³-hybridized carbons (Fsp3) is 0.500. The summed E-state index contributed by atoms with van der Waals surface area (Å²) >= 11 is 1.77. The molecule has 3 nitrogen and oxygen atoms in total. The predicted octanol–water partition coefficient (Wildman–Crippen LogP) is 3.66. The Morgan fingerprint density at radius 3 is 2.70 bits per heavy atom. The Labute approximate surface area is 125 Å². The lowest BCUT2D eigenvalue weighted by Gasteiger charge is -2.26. The maximum atomic E-state index is 4.87. The summed E-state index contributed by atoms with van der Waals surface area (Å²) in [7, 11) is 0. The molecule has 1 fully saturated rings. The number of aliphatic imine (C=N–C) groups is 1. The molecule has 1 aliphatic carbocycles. The fourth-order valence-electron chi connectivity index (χ4n) is 2.80. The molecule has 0 spiro atoms. The molecule has 106 valence electrons. The monoisotopic (exact) mass is 287 g/mol. The van der Waals surface area contributed by atoms with Crippen LogP contribution in [0.25, 0.3) is 0 Å². The van der Waals surface area contributed by atoms with Gasteiger partial charge in [0.25, 0.3) is 0 Å². The molecule has 0 bridgehead atoms. The van der Waals surface area contributed by atoms with E-state index in [0.717, 1.165) is 16.6 Å². The van der Waals surface area contributed by atoms with Crippen molar-refractivity contribution in [1.82, 2.24) is 5.43 Å². The normalized spacial score (nSPS) is 28.9. The minimum absolute atomic E-state index is 0.479. The van der Waals surface area contributed by atoms with Crippen LogP contribution in [0.2, 0.25) is 0 Å². The van der Waals surface area contributed by atoms with Crippen molar-refractivity contribution < 1.29 is 0 Å². The van der Waals surface area contributed by atoms with Crippen molar-refractivity contribution in [2.45, 2.75) is 38.6 Å². The molecule has 0 saturated heterocycles. The zero-order valence-corrected chi connectivity index (χ0v) is 12.7. The maximum Gasteiger partial charge on any atom is 0.177 e. The first-order valence-corrected chi connectivity index (χ1v) is 8.40. The minimum Gasteiger partial charge on any atom is -0.258 e. The van der Waals surface area contributed by atoms with Crippen LogP contribution >= 0.6 is 11.8 Å². The predicted molar refractivity (Wildman–Crippen MR) is 87.4 cm³/mol. The van der Waals surface area contributed by atoms with Gasteiger partial charge in [-0.1, -0.05) is 61.9 Å². The molecule has 2 unspecified atom stereocenters. The topological polar surface area (TPSA) is 36.8 Å². The van der Waals surface area contributed by atoms with E-state index in [1.807, 2.05) is 6.07 Å². The lowest BCUT2D eigenvalue weighted by atomic mass is 9.86. The number of amidine groups is 1. The second kappa shape index (κ2) is 6.44. The standard InChI is InChI=1S/C16H21N3S/c1-12-7-5-6-10-14(12)17-16-19-18-15(11-20-16)13-8-3-2-4-9-13/h2-4,8-9,12,14H,5-7,10-11H2,1H3,(H,17,19). The van der Waals surface area contributed by atoms with Crippen LogP contribution in [-0.2, 0) is 0 Å². The molecule has 2 atom stereocenters. The van der Waals surface area contributed by atoms with Gasteiger partial charge in [0, 0.05) is 5.75 Å². The third-order valence-corrected chi connectivity index (χ3v) is 4.98. The lowest BCUT2D eigenvalue weighted by Crippen LogP contribution is -2.29. The molecule has 0 radical (unpaired) electrons. The van der Waals surface area contributed by atoms with Crippen LogP contribution in [0.5, 0.6) is 0 Å². The number of nitrogens with zero attached hydrogens (tertiary/aromatic N) is 2. The van der Waals surface area contributed by atoms with Crippen LogP contribution in [-0.4, -0.2) is 22.7 Å². The van der Waals surface area contributed by atoms with Crippen molar-refractivity contribution in [3.05, 3.63) is 35.9 Å². The van der Waals surface area contributed by atoms with E-state index >= 15 is 0 Å². The van der Waals surface area contributed by atoms with Crippen LogP contribution in [0.15, 0.2) is 40.4 Å². The second-order valence-corrected chi connectivity index (χ2v) is 6.55. The fourth-order valence-corrected chi connectivity index (χ4v) is 3.62. The van der Waals surface area contributed by atoms with Gasteiger partial charge < -0.3 is 0 Å². The summed E-state index contributed by atoms with van der Waals surface area (Å²) in [4.78, 5) is 4.87. The molecule has 1 heterocycles. The molecular formula is C16H21N3S. The molecule has 20 heavy (non-hydrogen) atoms. The highest BCUT2D eigenvalue weighted by Crippen LogP contribution is 2.27. The second-order valence-electron chi connectivity index (χ2n) is 5.59. The Morgan fingerprint density at radius 2 is 2.00 bits per heavy atom. The Balaban J connectivity index is 1.67. The Bertz CT molecular complexity index is 510. The van der Waals surface area contributed by atoms with E-state index < -0.39 is 0 Å². The molecule has 4 heteroatoms. The van der Waals surface area contributed by atoms with E-state index in [1.54, 1.807) is 11.8 Å². The van der Waals surface area contributed by atoms with Gasteiger partial charge in [-0.05, 0) is 24.3 Å². The average molecular weight is 287 g/mol. The number of rotatable bonds is 2. The molecule has 1 N–H and O–H groups in total. The SMILES string of the molecule is CC1CCCCC1N=C1NN=C(c2ccccc2)CS1. The van der Waals surface area contributed by atoms with Crippen molar-refractivity contribution in [3.8, 4) is 0 Å². The summed E-state index contributed by atoms with van der Waals surface area (Å²) in [6.45, 7) is 2.32. The molecule has 0 aromatic heterocycles. The summed E-state index contributed by atoms with van der Waals surface area (Å²) in [5.41, 5.74) is 5.43. The molecule has 1 aromatic carbocycles. The van der Waals surface area contributed by atoms with Gasteiger partial charge >= 0.3 is 0 Å². The zero-order valence-electron chi connectivity index (χ0n) is 11.9. The number of thioether (sulfide) groups is 1. The number of hydrazone groups is 1. The number of hydrogen-bond donors (Lipinski definition) is 1. The van der Waals surface area contributed by atoms with Crippen molar-refractivity contribution in [2.75, 3.05) is 5.75 Å². The first kappa shape index (κ1) is 13.7. The van der Waals surface area contributed by atoms with Crippen molar-refractivity contribution in [3.63, 3.8) is 0 Å². The minimum atomic E-state index is 0.479. The van der Waals surface area contributed by atoms with Crippen molar-refractivity contribution in [2.24, 2.45) is 16.0 Å². The summed E-state index contributed by atoms with van der Waals surface area (Å²) in [6.07, 6.45) is 5.21. The van der Waals surface area contributed by atoms with Gasteiger partial charge in [-0.2, -0.15) is 5.10 Å². The molecule has 1 aliphatic heterocycles. The van der Waals surface area contributed by atoms with Gasteiger partial charge in [-0.15, -0.1) is 0 Å². The van der Waals surface area contributed by atoms with E-state index in [4.69, 9.17) is 4.99 Å². The number of hydrogen-bond acceptors (Lipinski definition) is 3. The molecule has 2 aliphatic rings. The molecule has 1 aromatic rings. The van der Waals surface area contributed by atoms with Crippen LogP contribution < -0.4 is 5.43 Å². The first-order valence-electron chi connectivity index (χ1n) is 7.41. The summed E-state index contributed by atoms with van der Waals surface area (Å²) in [5.74, 6) is 1.61. The van der Waals surface area contributed by atoms with Crippen LogP contribution in [0.1, 0.15) is 38.2 Å².